The fourth-order valence-electron chi connectivity index (χ4n) is 4.24. The van der Waals surface area contributed by atoms with Gasteiger partial charge in [0.25, 0.3) is 0 Å². The molecule has 0 aromatic heterocycles. The van der Waals surface area contributed by atoms with Crippen LogP contribution in [0.1, 0.15) is 31.7 Å². The largest absolute Gasteiger partial charge is 0.369 e. The molecule has 0 radical (unpaired) electrons. The van der Waals surface area contributed by atoms with E-state index in [1.54, 1.807) is 6.92 Å². The smallest absolute Gasteiger partial charge is 0.143 e. The van der Waals surface area contributed by atoms with Crippen molar-refractivity contribution >= 4 is 36.3 Å². The van der Waals surface area contributed by atoms with E-state index in [1.165, 1.54) is 50.1 Å². The summed E-state index contributed by atoms with van der Waals surface area (Å²) in [6, 6.07) is 8.73. The predicted octanol–water partition coefficient (Wildman–Crippen LogP) is 3.65. The molecule has 2 aliphatic heterocycles. The first kappa shape index (κ1) is 24.2. The second kappa shape index (κ2) is 11.9. The summed E-state index contributed by atoms with van der Waals surface area (Å²) in [4.78, 5) is 18.7. The molecule has 0 atom stereocenters. The summed E-state index contributed by atoms with van der Waals surface area (Å²) in [5.74, 6) is 1.14. The maximum atomic E-state index is 11.2. The molecule has 3 rings (SSSR count). The van der Waals surface area contributed by atoms with Crippen molar-refractivity contribution in [3.05, 3.63) is 29.8 Å². The minimum Gasteiger partial charge on any atom is -0.369 e. The molecule has 0 saturated carbocycles. The van der Waals surface area contributed by atoms with Gasteiger partial charge in [0.15, 0.2) is 0 Å². The highest BCUT2D eigenvalue weighted by Gasteiger charge is 2.22. The van der Waals surface area contributed by atoms with E-state index >= 15 is 0 Å². The zero-order valence-corrected chi connectivity index (χ0v) is 18.4. The van der Waals surface area contributed by atoms with Crippen LogP contribution < -0.4 is 4.90 Å². The number of piperidine rings is 1. The van der Waals surface area contributed by atoms with Crippen LogP contribution in [0.25, 0.3) is 0 Å². The predicted molar refractivity (Wildman–Crippen MR) is 119 cm³/mol. The number of benzene rings is 1. The van der Waals surface area contributed by atoms with E-state index in [4.69, 9.17) is 0 Å². The van der Waals surface area contributed by atoms with E-state index in [-0.39, 0.29) is 24.8 Å². The summed E-state index contributed by atoms with van der Waals surface area (Å²) in [6.45, 7) is 12.6. The summed E-state index contributed by atoms with van der Waals surface area (Å²) < 4.78 is 0. The molecule has 154 valence electrons. The minimum absolute atomic E-state index is 0. The van der Waals surface area contributed by atoms with Gasteiger partial charge in [0, 0.05) is 31.9 Å². The van der Waals surface area contributed by atoms with E-state index in [0.717, 1.165) is 32.1 Å². The molecule has 0 spiro atoms. The number of para-hydroxylation sites is 1. The van der Waals surface area contributed by atoms with Gasteiger partial charge < -0.3 is 4.90 Å². The number of carbonyl (C=O) groups is 1. The number of aryl methyl sites for hydroxylation is 1. The van der Waals surface area contributed by atoms with E-state index in [1.807, 2.05) is 0 Å². The molecule has 2 aliphatic rings. The van der Waals surface area contributed by atoms with Crippen molar-refractivity contribution in [1.82, 2.24) is 9.80 Å². The quantitative estimate of drug-likeness (QED) is 0.708. The average Bonchev–Trinajstić information content (AvgIpc) is 2.62. The number of piperazine rings is 1. The maximum Gasteiger partial charge on any atom is 0.143 e. The number of halogens is 2. The third kappa shape index (κ3) is 7.26. The number of ketones is 1. The van der Waals surface area contributed by atoms with Crippen LogP contribution in [-0.4, -0.2) is 67.9 Å². The van der Waals surface area contributed by atoms with Gasteiger partial charge in [0.2, 0.25) is 0 Å². The summed E-state index contributed by atoms with van der Waals surface area (Å²) in [6.07, 6.45) is 3.84. The SMILES string of the molecule is CC(=O)CN1CCC(CCN2CCN(c3ccccc3C)CC2)CC1.Cl.Cl. The van der Waals surface area contributed by atoms with Crippen molar-refractivity contribution in [2.75, 3.05) is 57.3 Å². The number of hydrogen-bond donors (Lipinski definition) is 0. The van der Waals surface area contributed by atoms with Crippen LogP contribution in [0.3, 0.4) is 0 Å². The summed E-state index contributed by atoms with van der Waals surface area (Å²) >= 11 is 0. The monoisotopic (exact) mass is 415 g/mol. The van der Waals surface area contributed by atoms with E-state index in [0.29, 0.717) is 12.3 Å². The molecular weight excluding hydrogens is 381 g/mol. The molecule has 0 unspecified atom stereocenters. The van der Waals surface area contributed by atoms with E-state index < -0.39 is 0 Å². The second-order valence-corrected chi connectivity index (χ2v) is 7.83. The molecular formula is C21H35Cl2N3O. The Morgan fingerprint density at radius 3 is 2.19 bits per heavy atom. The van der Waals surface area contributed by atoms with Gasteiger partial charge >= 0.3 is 0 Å². The highest BCUT2D eigenvalue weighted by Crippen LogP contribution is 2.23. The Hall–Kier alpha value is -0.810. The number of likely N-dealkylation sites (tertiary alicyclic amines) is 1. The van der Waals surface area contributed by atoms with Gasteiger partial charge in [-0.25, -0.2) is 0 Å². The average molecular weight is 416 g/mol. The molecule has 27 heavy (non-hydrogen) atoms. The number of Topliss-reactive ketones (excluding diaryl/α,β-unsaturated/α-hetero) is 1. The van der Waals surface area contributed by atoms with Gasteiger partial charge in [-0.05, 0) is 70.3 Å². The number of anilines is 1. The Morgan fingerprint density at radius 2 is 1.59 bits per heavy atom. The Labute approximate surface area is 177 Å². The summed E-state index contributed by atoms with van der Waals surface area (Å²) in [5, 5.41) is 0. The van der Waals surface area contributed by atoms with Crippen molar-refractivity contribution in [2.24, 2.45) is 5.92 Å². The Morgan fingerprint density at radius 1 is 0.963 bits per heavy atom. The first-order valence-corrected chi connectivity index (χ1v) is 9.86. The van der Waals surface area contributed by atoms with Crippen molar-refractivity contribution in [2.45, 2.75) is 33.1 Å². The molecule has 4 nitrogen and oxygen atoms in total. The van der Waals surface area contributed by atoms with Crippen LogP contribution >= 0.6 is 24.8 Å². The van der Waals surface area contributed by atoms with Gasteiger partial charge in [0.05, 0.1) is 6.54 Å². The third-order valence-electron chi connectivity index (χ3n) is 5.84. The van der Waals surface area contributed by atoms with Crippen molar-refractivity contribution in [3.8, 4) is 0 Å². The Bertz CT molecular complexity index is 568. The fraction of sp³-hybridized carbons (Fsp3) is 0.667. The molecule has 6 heteroatoms. The normalized spacial score (nSPS) is 19.3. The highest BCUT2D eigenvalue weighted by atomic mass is 35.5. The molecule has 2 fully saturated rings. The molecule has 1 aromatic rings. The van der Waals surface area contributed by atoms with Gasteiger partial charge in [-0.2, -0.15) is 0 Å². The first-order valence-electron chi connectivity index (χ1n) is 9.86. The fourth-order valence-corrected chi connectivity index (χ4v) is 4.24. The van der Waals surface area contributed by atoms with E-state index in [2.05, 4.69) is 45.9 Å². The van der Waals surface area contributed by atoms with Gasteiger partial charge in [0.1, 0.15) is 5.78 Å². The number of nitrogens with zero attached hydrogens (tertiary/aromatic N) is 3. The topological polar surface area (TPSA) is 26.8 Å². The molecule has 0 amide bonds. The van der Waals surface area contributed by atoms with Crippen molar-refractivity contribution < 1.29 is 4.79 Å². The Kier molecular flexibility index (Phi) is 10.7. The van der Waals surface area contributed by atoms with Crippen molar-refractivity contribution in [3.63, 3.8) is 0 Å². The van der Waals surface area contributed by atoms with Gasteiger partial charge in [-0.3, -0.25) is 14.6 Å². The molecule has 0 aliphatic carbocycles. The summed E-state index contributed by atoms with van der Waals surface area (Å²) in [7, 11) is 0. The third-order valence-corrected chi connectivity index (χ3v) is 5.84. The zero-order chi connectivity index (χ0) is 17.6. The standard InChI is InChI=1S/C21H33N3O.2ClH/c1-18-5-3-4-6-21(18)24-15-13-22(14-16-24)10-7-20-8-11-23(12-9-20)17-19(2)25;;/h3-6,20H,7-17H2,1-2H3;2*1H. The first-order chi connectivity index (χ1) is 12.1. The van der Waals surface area contributed by atoms with Crippen LogP contribution in [0.2, 0.25) is 0 Å². The van der Waals surface area contributed by atoms with Crippen LogP contribution in [0.5, 0.6) is 0 Å². The van der Waals surface area contributed by atoms with Crippen LogP contribution in [0.4, 0.5) is 5.69 Å². The lowest BCUT2D eigenvalue weighted by molar-refractivity contribution is -0.118. The molecule has 1 aromatic carbocycles. The second-order valence-electron chi connectivity index (χ2n) is 7.83. The number of rotatable bonds is 6. The van der Waals surface area contributed by atoms with Crippen molar-refractivity contribution in [1.29, 1.82) is 0 Å². The van der Waals surface area contributed by atoms with Crippen LogP contribution in [-0.2, 0) is 4.79 Å². The molecule has 2 saturated heterocycles. The molecule has 2 heterocycles. The minimum atomic E-state index is 0. The molecule has 0 N–H and O–H groups in total. The number of carbonyl (C=O) groups excluding carboxylic acids is 1. The van der Waals surface area contributed by atoms with E-state index in [9.17, 15) is 4.79 Å². The maximum absolute atomic E-state index is 11.2. The van der Waals surface area contributed by atoms with Gasteiger partial charge in [-0.1, -0.05) is 18.2 Å². The molecule has 0 bridgehead atoms. The lowest BCUT2D eigenvalue weighted by atomic mass is 9.93. The lowest BCUT2D eigenvalue weighted by Gasteiger charge is -2.38. The van der Waals surface area contributed by atoms with Gasteiger partial charge in [-0.15, -0.1) is 24.8 Å². The Balaban J connectivity index is 0.00000182. The lowest BCUT2D eigenvalue weighted by Crippen LogP contribution is -2.47. The summed E-state index contributed by atoms with van der Waals surface area (Å²) in [5.41, 5.74) is 2.79. The zero-order valence-electron chi connectivity index (χ0n) is 16.7. The van der Waals surface area contributed by atoms with Crippen LogP contribution in [0, 0.1) is 12.8 Å². The van der Waals surface area contributed by atoms with Crippen LogP contribution in [0.15, 0.2) is 24.3 Å². The number of hydrogen-bond acceptors (Lipinski definition) is 4. The highest BCUT2D eigenvalue weighted by molar-refractivity contribution is 5.85.